The predicted octanol–water partition coefficient (Wildman–Crippen LogP) is 2.90. The summed E-state index contributed by atoms with van der Waals surface area (Å²) in [6.07, 6.45) is 5.20. The molecule has 1 heterocycles. The molecule has 1 aliphatic heterocycles. The lowest BCUT2D eigenvalue weighted by atomic mass is 9.99. The Bertz CT molecular complexity index is 241. The van der Waals surface area contributed by atoms with Crippen molar-refractivity contribution in [1.29, 1.82) is 0 Å². The maximum atomic E-state index is 5.53. The van der Waals surface area contributed by atoms with Crippen molar-refractivity contribution >= 4 is 0 Å². The fourth-order valence-corrected chi connectivity index (χ4v) is 2.64. The maximum absolute atomic E-state index is 5.53. The van der Waals surface area contributed by atoms with Gasteiger partial charge in [-0.1, -0.05) is 20.3 Å². The maximum Gasteiger partial charge on any atom is 0.0634 e. The summed E-state index contributed by atoms with van der Waals surface area (Å²) in [5.74, 6) is 0.740. The van der Waals surface area contributed by atoms with Gasteiger partial charge in [-0.3, -0.25) is 4.90 Å². The van der Waals surface area contributed by atoms with Crippen LogP contribution in [-0.4, -0.2) is 49.8 Å². The molecular weight excluding hydrogens is 236 g/mol. The number of hydrogen-bond donors (Lipinski definition) is 1. The highest BCUT2D eigenvalue weighted by atomic mass is 16.5. The Morgan fingerprint density at radius 1 is 1.32 bits per heavy atom. The molecule has 0 aromatic carbocycles. The van der Waals surface area contributed by atoms with E-state index in [4.69, 9.17) is 4.74 Å². The predicted molar refractivity (Wildman–Crippen MR) is 82.6 cm³/mol. The largest absolute Gasteiger partial charge is 0.379 e. The third kappa shape index (κ3) is 6.73. The van der Waals surface area contributed by atoms with Crippen molar-refractivity contribution in [2.45, 2.75) is 65.0 Å². The number of nitrogens with one attached hydrogen (secondary N) is 1. The molecule has 1 aliphatic rings. The number of rotatable bonds is 8. The van der Waals surface area contributed by atoms with Crippen molar-refractivity contribution in [3.8, 4) is 0 Å². The van der Waals surface area contributed by atoms with E-state index in [0.717, 1.165) is 38.0 Å². The topological polar surface area (TPSA) is 24.5 Å². The van der Waals surface area contributed by atoms with Gasteiger partial charge in [0.25, 0.3) is 0 Å². The zero-order chi connectivity index (χ0) is 14.3. The molecule has 1 fully saturated rings. The Hall–Kier alpha value is -0.120. The molecule has 114 valence electrons. The van der Waals surface area contributed by atoms with Gasteiger partial charge in [0, 0.05) is 26.2 Å². The van der Waals surface area contributed by atoms with Gasteiger partial charge in [-0.05, 0) is 52.1 Å². The van der Waals surface area contributed by atoms with Crippen LogP contribution in [0.15, 0.2) is 0 Å². The van der Waals surface area contributed by atoms with Crippen LogP contribution in [0.5, 0.6) is 0 Å². The summed E-state index contributed by atoms with van der Waals surface area (Å²) in [6.45, 7) is 13.6. The van der Waals surface area contributed by atoms with Crippen molar-refractivity contribution in [3.05, 3.63) is 0 Å². The summed E-state index contributed by atoms with van der Waals surface area (Å²) in [7, 11) is 1.82. The lowest BCUT2D eigenvalue weighted by Crippen LogP contribution is -2.47. The van der Waals surface area contributed by atoms with Crippen LogP contribution < -0.4 is 5.32 Å². The molecule has 3 nitrogen and oxygen atoms in total. The van der Waals surface area contributed by atoms with Crippen LogP contribution in [0.1, 0.15) is 53.4 Å². The first-order valence-corrected chi connectivity index (χ1v) is 7.94. The highest BCUT2D eigenvalue weighted by Crippen LogP contribution is 2.20. The van der Waals surface area contributed by atoms with Gasteiger partial charge in [0.05, 0.1) is 5.60 Å². The van der Waals surface area contributed by atoms with E-state index in [-0.39, 0.29) is 5.60 Å². The van der Waals surface area contributed by atoms with Gasteiger partial charge >= 0.3 is 0 Å². The smallest absolute Gasteiger partial charge is 0.0634 e. The standard InChI is InChI=1S/C16H34N2O/c1-14(2)12-17-13-15-8-6-7-10-18(15)11-9-16(3,4)19-5/h14-15,17H,6-13H2,1-5H3. The van der Waals surface area contributed by atoms with E-state index in [2.05, 4.69) is 37.9 Å². The lowest BCUT2D eigenvalue weighted by Gasteiger charge is -2.38. The van der Waals surface area contributed by atoms with Crippen molar-refractivity contribution in [2.24, 2.45) is 5.92 Å². The monoisotopic (exact) mass is 270 g/mol. The fraction of sp³-hybridized carbons (Fsp3) is 1.00. The number of ether oxygens (including phenoxy) is 1. The Labute approximate surface area is 120 Å². The van der Waals surface area contributed by atoms with Gasteiger partial charge < -0.3 is 10.1 Å². The molecule has 0 aromatic rings. The summed E-state index contributed by atoms with van der Waals surface area (Å²) in [5, 5.41) is 3.62. The second kappa shape index (κ2) is 8.23. The molecule has 1 unspecified atom stereocenters. The molecule has 3 heteroatoms. The van der Waals surface area contributed by atoms with Crippen LogP contribution >= 0.6 is 0 Å². The number of piperidine rings is 1. The lowest BCUT2D eigenvalue weighted by molar-refractivity contribution is 0.000966. The third-order valence-electron chi connectivity index (χ3n) is 4.24. The van der Waals surface area contributed by atoms with Crippen LogP contribution in [0.4, 0.5) is 0 Å². The second-order valence-corrected chi connectivity index (χ2v) is 6.95. The SMILES string of the molecule is COC(C)(C)CCN1CCCCC1CNCC(C)C. The van der Waals surface area contributed by atoms with E-state index in [1.807, 2.05) is 7.11 Å². The molecule has 0 spiro atoms. The van der Waals surface area contributed by atoms with E-state index in [1.54, 1.807) is 0 Å². The van der Waals surface area contributed by atoms with Crippen molar-refractivity contribution in [3.63, 3.8) is 0 Å². The zero-order valence-electron chi connectivity index (χ0n) is 13.7. The first-order valence-electron chi connectivity index (χ1n) is 7.94. The van der Waals surface area contributed by atoms with Crippen LogP contribution in [-0.2, 0) is 4.74 Å². The number of hydrogen-bond acceptors (Lipinski definition) is 3. The Morgan fingerprint density at radius 3 is 2.68 bits per heavy atom. The molecule has 0 radical (unpaired) electrons. The number of methoxy groups -OCH3 is 1. The molecule has 19 heavy (non-hydrogen) atoms. The van der Waals surface area contributed by atoms with Crippen LogP contribution in [0.25, 0.3) is 0 Å². The molecular formula is C16H34N2O. The summed E-state index contributed by atoms with van der Waals surface area (Å²) < 4.78 is 5.53. The van der Waals surface area contributed by atoms with Crippen molar-refractivity contribution in [1.82, 2.24) is 10.2 Å². The summed E-state index contributed by atoms with van der Waals surface area (Å²) in [5.41, 5.74) is 0.00730. The summed E-state index contributed by atoms with van der Waals surface area (Å²) >= 11 is 0. The molecule has 1 saturated heterocycles. The van der Waals surface area contributed by atoms with E-state index in [9.17, 15) is 0 Å². The minimum Gasteiger partial charge on any atom is -0.379 e. The molecule has 0 aliphatic carbocycles. The molecule has 0 aromatic heterocycles. The molecule has 1 N–H and O–H groups in total. The molecule has 0 bridgehead atoms. The molecule has 1 atom stereocenters. The van der Waals surface area contributed by atoms with Crippen LogP contribution in [0.2, 0.25) is 0 Å². The van der Waals surface area contributed by atoms with Gasteiger partial charge in [0.1, 0.15) is 0 Å². The van der Waals surface area contributed by atoms with Gasteiger partial charge in [-0.25, -0.2) is 0 Å². The van der Waals surface area contributed by atoms with Gasteiger partial charge in [0.2, 0.25) is 0 Å². The minimum absolute atomic E-state index is 0.00730. The highest BCUT2D eigenvalue weighted by molar-refractivity contribution is 4.81. The number of nitrogens with zero attached hydrogens (tertiary/aromatic N) is 1. The highest BCUT2D eigenvalue weighted by Gasteiger charge is 2.24. The average molecular weight is 270 g/mol. The number of likely N-dealkylation sites (tertiary alicyclic amines) is 1. The fourth-order valence-electron chi connectivity index (χ4n) is 2.64. The Kier molecular flexibility index (Phi) is 7.33. The molecule has 1 rings (SSSR count). The summed E-state index contributed by atoms with van der Waals surface area (Å²) in [6, 6.07) is 0.722. The zero-order valence-corrected chi connectivity index (χ0v) is 13.7. The quantitative estimate of drug-likeness (QED) is 0.734. The van der Waals surface area contributed by atoms with Gasteiger partial charge in [-0.2, -0.15) is 0 Å². The molecule has 0 saturated carbocycles. The third-order valence-corrected chi connectivity index (χ3v) is 4.24. The average Bonchev–Trinajstić information content (AvgIpc) is 2.37. The van der Waals surface area contributed by atoms with E-state index in [1.165, 1.54) is 25.8 Å². The first-order chi connectivity index (χ1) is 8.94. The van der Waals surface area contributed by atoms with E-state index in [0.29, 0.717) is 0 Å². The van der Waals surface area contributed by atoms with Gasteiger partial charge in [0.15, 0.2) is 0 Å². The van der Waals surface area contributed by atoms with Crippen molar-refractivity contribution < 1.29 is 4.74 Å². The molecule has 0 amide bonds. The first kappa shape index (κ1) is 16.9. The second-order valence-electron chi connectivity index (χ2n) is 6.95. The van der Waals surface area contributed by atoms with E-state index >= 15 is 0 Å². The summed E-state index contributed by atoms with van der Waals surface area (Å²) in [4.78, 5) is 2.66. The Morgan fingerprint density at radius 2 is 2.05 bits per heavy atom. The van der Waals surface area contributed by atoms with Crippen LogP contribution in [0, 0.1) is 5.92 Å². The normalized spacial score (nSPS) is 22.1. The van der Waals surface area contributed by atoms with Gasteiger partial charge in [-0.15, -0.1) is 0 Å². The minimum atomic E-state index is 0.00730. The van der Waals surface area contributed by atoms with Crippen LogP contribution in [0.3, 0.4) is 0 Å². The van der Waals surface area contributed by atoms with Crippen molar-refractivity contribution in [2.75, 3.05) is 33.3 Å². The Balaban J connectivity index is 2.35. The van der Waals surface area contributed by atoms with E-state index < -0.39 is 0 Å².